The van der Waals surface area contributed by atoms with E-state index in [1.54, 1.807) is 11.0 Å². The van der Waals surface area contributed by atoms with Gasteiger partial charge in [-0.05, 0) is 30.9 Å². The number of carbonyl (C=O) groups excluding carboxylic acids is 4. The molecule has 4 aliphatic heterocycles. The first kappa shape index (κ1) is 31.4. The SMILES string of the molecule is CCCCN1C/C=C\CCC(=O)OC[C@H](c2ccccc2)NC(=O)[C@H]2[C@@H]3O[C@@]4(C=C3Br)[C@@H]2C(=O)N([C@@H](CC)CO)[C@@H]4C1=O. The lowest BCUT2D eigenvalue weighted by atomic mass is 9.74. The maximum atomic E-state index is 14.5. The van der Waals surface area contributed by atoms with Crippen molar-refractivity contribution >= 4 is 39.6 Å². The number of unbranched alkanes of at least 4 members (excludes halogenated alkanes) is 1. The Morgan fingerprint density at radius 2 is 1.88 bits per heavy atom. The molecule has 7 atom stereocenters. The Morgan fingerprint density at radius 1 is 1.12 bits per heavy atom. The number of nitrogens with one attached hydrogen (secondary N) is 1. The van der Waals surface area contributed by atoms with Crippen LogP contribution in [-0.4, -0.2) is 88.7 Å². The number of rotatable bonds is 7. The van der Waals surface area contributed by atoms with Gasteiger partial charge in [-0.15, -0.1) is 0 Å². The maximum Gasteiger partial charge on any atom is 0.306 e. The second-order valence-corrected chi connectivity index (χ2v) is 12.5. The van der Waals surface area contributed by atoms with Gasteiger partial charge in [-0.3, -0.25) is 19.2 Å². The first-order valence-electron chi connectivity index (χ1n) is 15.2. The van der Waals surface area contributed by atoms with E-state index in [2.05, 4.69) is 21.2 Å². The minimum atomic E-state index is -1.38. The van der Waals surface area contributed by atoms with Crippen LogP contribution < -0.4 is 5.32 Å². The average Bonchev–Trinajstić information content (AvgIpc) is 3.60. The highest BCUT2D eigenvalue weighted by molar-refractivity contribution is 9.11. The number of hydrogen-bond donors (Lipinski definition) is 2. The molecule has 2 N–H and O–H groups in total. The van der Waals surface area contributed by atoms with Crippen molar-refractivity contribution in [3.63, 3.8) is 0 Å². The van der Waals surface area contributed by atoms with Crippen LogP contribution in [0.3, 0.4) is 0 Å². The molecule has 11 heteroatoms. The third kappa shape index (κ3) is 5.79. The molecule has 3 amide bonds. The van der Waals surface area contributed by atoms with Crippen LogP contribution in [0.15, 0.2) is 53.0 Å². The third-order valence-electron chi connectivity index (χ3n) is 9.01. The molecule has 2 saturated heterocycles. The zero-order valence-electron chi connectivity index (χ0n) is 24.6. The summed E-state index contributed by atoms with van der Waals surface area (Å²) in [5.41, 5.74) is -0.626. The molecule has 10 nitrogen and oxygen atoms in total. The van der Waals surface area contributed by atoms with Crippen molar-refractivity contribution < 1.29 is 33.8 Å². The normalized spacial score (nSPS) is 32.7. The average molecular weight is 659 g/mol. The summed E-state index contributed by atoms with van der Waals surface area (Å²) in [6, 6.07) is 6.89. The van der Waals surface area contributed by atoms with Gasteiger partial charge in [0.05, 0.1) is 30.5 Å². The lowest BCUT2D eigenvalue weighted by molar-refractivity contribution is -0.150. The van der Waals surface area contributed by atoms with Gasteiger partial charge < -0.3 is 29.7 Å². The van der Waals surface area contributed by atoms with Gasteiger partial charge in [-0.25, -0.2) is 0 Å². The summed E-state index contributed by atoms with van der Waals surface area (Å²) in [5, 5.41) is 13.4. The van der Waals surface area contributed by atoms with E-state index < -0.39 is 53.5 Å². The van der Waals surface area contributed by atoms with E-state index in [1.165, 1.54) is 4.90 Å². The molecule has 0 aromatic heterocycles. The summed E-state index contributed by atoms with van der Waals surface area (Å²) in [7, 11) is 0. The number of cyclic esters (lactones) is 1. The number of fused-ring (bicyclic) bond motifs is 2. The Kier molecular flexibility index (Phi) is 9.73. The molecular formula is C32H40BrN3O7. The van der Waals surface area contributed by atoms with Crippen molar-refractivity contribution in [2.45, 2.75) is 75.8 Å². The fraction of sp³-hybridized carbons (Fsp3) is 0.562. The number of esters is 1. The van der Waals surface area contributed by atoms with Crippen LogP contribution in [0, 0.1) is 11.8 Å². The van der Waals surface area contributed by atoms with E-state index in [1.807, 2.05) is 56.3 Å². The molecule has 0 radical (unpaired) electrons. The fourth-order valence-electron chi connectivity index (χ4n) is 6.80. The van der Waals surface area contributed by atoms with E-state index in [0.717, 1.165) is 18.4 Å². The molecule has 43 heavy (non-hydrogen) atoms. The van der Waals surface area contributed by atoms with E-state index in [9.17, 15) is 24.3 Å². The second kappa shape index (κ2) is 13.3. The predicted molar refractivity (Wildman–Crippen MR) is 162 cm³/mol. The van der Waals surface area contributed by atoms with Gasteiger partial charge in [0.25, 0.3) is 0 Å². The molecular weight excluding hydrogens is 618 g/mol. The number of carbonyl (C=O) groups is 4. The largest absolute Gasteiger partial charge is 0.463 e. The summed E-state index contributed by atoms with van der Waals surface area (Å²) < 4.78 is 12.8. The molecule has 0 unspecified atom stereocenters. The maximum absolute atomic E-state index is 14.5. The molecule has 5 bridgehead atoms. The molecule has 1 aromatic carbocycles. The van der Waals surface area contributed by atoms with Gasteiger partial charge in [0.1, 0.15) is 24.4 Å². The Bertz CT molecular complexity index is 1280. The van der Waals surface area contributed by atoms with Crippen molar-refractivity contribution in [3.8, 4) is 0 Å². The van der Waals surface area contributed by atoms with Crippen LogP contribution in [0.2, 0.25) is 0 Å². The smallest absolute Gasteiger partial charge is 0.306 e. The van der Waals surface area contributed by atoms with Crippen LogP contribution in [0.1, 0.15) is 57.6 Å². The van der Waals surface area contributed by atoms with Gasteiger partial charge in [-0.2, -0.15) is 0 Å². The van der Waals surface area contributed by atoms with E-state index in [0.29, 0.717) is 23.9 Å². The third-order valence-corrected chi connectivity index (χ3v) is 9.69. The molecule has 1 aromatic rings. The number of benzene rings is 1. The van der Waals surface area contributed by atoms with Crippen molar-refractivity contribution in [2.24, 2.45) is 11.8 Å². The predicted octanol–water partition coefficient (Wildman–Crippen LogP) is 3.01. The van der Waals surface area contributed by atoms with E-state index in [4.69, 9.17) is 9.47 Å². The highest BCUT2D eigenvalue weighted by Crippen LogP contribution is 2.59. The van der Waals surface area contributed by atoms with Crippen molar-refractivity contribution in [1.82, 2.24) is 15.1 Å². The summed E-state index contributed by atoms with van der Waals surface area (Å²) in [4.78, 5) is 58.8. The second-order valence-electron chi connectivity index (χ2n) is 11.6. The Hall–Kier alpha value is -3.02. The minimum Gasteiger partial charge on any atom is -0.463 e. The number of allylic oxidation sites excluding steroid dienone is 1. The van der Waals surface area contributed by atoms with Gasteiger partial charge in [0, 0.05) is 24.0 Å². The lowest BCUT2D eigenvalue weighted by Gasteiger charge is -2.38. The van der Waals surface area contributed by atoms with Gasteiger partial charge in [0.2, 0.25) is 17.7 Å². The number of aliphatic hydroxyl groups excluding tert-OH is 1. The van der Waals surface area contributed by atoms with Gasteiger partial charge in [0.15, 0.2) is 0 Å². The summed E-state index contributed by atoms with van der Waals surface area (Å²) in [5.74, 6) is -3.40. The molecule has 2 fully saturated rings. The number of hydrogen-bond acceptors (Lipinski definition) is 7. The highest BCUT2D eigenvalue weighted by Gasteiger charge is 2.75. The molecule has 5 rings (SSSR count). The molecule has 0 saturated carbocycles. The number of ether oxygens (including phenoxy) is 2. The first-order valence-corrected chi connectivity index (χ1v) is 16.0. The molecule has 0 aliphatic carbocycles. The Labute approximate surface area is 260 Å². The van der Waals surface area contributed by atoms with Crippen LogP contribution >= 0.6 is 15.9 Å². The Balaban J connectivity index is 1.60. The molecule has 232 valence electrons. The number of likely N-dealkylation sites (tertiary alicyclic amines) is 1. The highest BCUT2D eigenvalue weighted by atomic mass is 79.9. The van der Waals surface area contributed by atoms with Crippen LogP contribution in [0.5, 0.6) is 0 Å². The van der Waals surface area contributed by atoms with Crippen LogP contribution in [0.25, 0.3) is 0 Å². The summed E-state index contributed by atoms with van der Waals surface area (Å²) >= 11 is 3.58. The zero-order valence-corrected chi connectivity index (χ0v) is 26.2. The fourth-order valence-corrected chi connectivity index (χ4v) is 7.54. The van der Waals surface area contributed by atoms with E-state index in [-0.39, 0.29) is 38.0 Å². The van der Waals surface area contributed by atoms with E-state index >= 15 is 0 Å². The first-order chi connectivity index (χ1) is 20.8. The molecule has 1 spiro atoms. The van der Waals surface area contributed by atoms with Crippen molar-refractivity contribution in [3.05, 3.63) is 58.6 Å². The number of halogens is 1. The topological polar surface area (TPSA) is 125 Å². The molecule has 4 aliphatic rings. The lowest BCUT2D eigenvalue weighted by Crippen LogP contribution is -2.58. The van der Waals surface area contributed by atoms with Crippen molar-refractivity contribution in [2.75, 3.05) is 26.3 Å². The summed E-state index contributed by atoms with van der Waals surface area (Å²) in [6.45, 7) is 4.26. The number of amides is 3. The quantitative estimate of drug-likeness (QED) is 0.341. The van der Waals surface area contributed by atoms with Gasteiger partial charge in [-0.1, -0.05) is 78.7 Å². The number of aliphatic hydroxyl groups is 1. The van der Waals surface area contributed by atoms with Crippen LogP contribution in [-0.2, 0) is 28.7 Å². The monoisotopic (exact) mass is 657 g/mol. The minimum absolute atomic E-state index is 0.0717. The Morgan fingerprint density at radius 3 is 2.58 bits per heavy atom. The van der Waals surface area contributed by atoms with Crippen molar-refractivity contribution in [1.29, 1.82) is 0 Å². The van der Waals surface area contributed by atoms with Crippen LogP contribution in [0.4, 0.5) is 0 Å². The van der Waals surface area contributed by atoms with Gasteiger partial charge >= 0.3 is 5.97 Å². The summed E-state index contributed by atoms with van der Waals surface area (Å²) in [6.07, 6.45) is 7.38. The standard InChI is InChI=1S/C32H40BrN3O7/c1-3-5-15-35-16-11-7-10-14-24(38)42-19-23(20-12-8-6-9-13-20)34-29(39)25-26-30(40)36(21(4-2)18-37)28(31(35)41)32(26)17-22(33)27(25)43-32/h6-9,11-13,17,21,23,25-28,37H,3-5,10,14-16,18-19H2,1-2H3,(H,34,39)/b11-7-/t21-,23+,25+,26-,27+,28+,32-/m0/s1. The molecule has 4 heterocycles. The number of nitrogens with zero attached hydrogens (tertiary/aromatic N) is 2. The zero-order chi connectivity index (χ0) is 30.7.